The molecule has 0 bridgehead atoms. The zero-order valence-corrected chi connectivity index (χ0v) is 7.62. The Balaban J connectivity index is 2.56. The minimum Gasteiger partial charge on any atom is -0.394 e. The monoisotopic (exact) mass is 172 g/mol. The van der Waals surface area contributed by atoms with Crippen LogP contribution in [0.1, 0.15) is 20.3 Å². The highest BCUT2D eigenvalue weighted by Crippen LogP contribution is 2.29. The van der Waals surface area contributed by atoms with E-state index in [1.54, 1.807) is 6.08 Å². The maximum atomic E-state index is 8.96. The van der Waals surface area contributed by atoms with Gasteiger partial charge in [-0.25, -0.2) is 0 Å². The number of ether oxygens (including phenoxy) is 2. The van der Waals surface area contributed by atoms with Crippen molar-refractivity contribution < 1.29 is 14.6 Å². The fraction of sp³-hybridized carbons (Fsp3) is 0.778. The summed E-state index contributed by atoms with van der Waals surface area (Å²) in [5.74, 6) is -0.568. The van der Waals surface area contributed by atoms with E-state index in [1.165, 1.54) is 0 Å². The van der Waals surface area contributed by atoms with Crippen LogP contribution in [0.15, 0.2) is 12.7 Å². The van der Waals surface area contributed by atoms with E-state index in [0.717, 1.165) is 0 Å². The van der Waals surface area contributed by atoms with Crippen molar-refractivity contribution in [1.82, 2.24) is 0 Å². The molecule has 0 radical (unpaired) electrons. The molecule has 1 heterocycles. The predicted octanol–water partition coefficient (Wildman–Crippen LogP) is 1.07. The van der Waals surface area contributed by atoms with Crippen LogP contribution in [0.25, 0.3) is 0 Å². The highest BCUT2D eigenvalue weighted by molar-refractivity contribution is 4.86. The van der Waals surface area contributed by atoms with E-state index < -0.39 is 5.79 Å². The number of aliphatic hydroxyl groups excluding tert-OH is 1. The predicted molar refractivity (Wildman–Crippen MR) is 45.7 cm³/mol. The van der Waals surface area contributed by atoms with Gasteiger partial charge in [0.1, 0.15) is 6.10 Å². The SMILES string of the molecule is C=CC[C@@H]1OC(C)(C)O[C@@H]1CO. The topological polar surface area (TPSA) is 38.7 Å². The fourth-order valence-electron chi connectivity index (χ4n) is 1.43. The average Bonchev–Trinajstić information content (AvgIpc) is 2.26. The Morgan fingerprint density at radius 1 is 1.42 bits per heavy atom. The number of hydrogen-bond acceptors (Lipinski definition) is 3. The second kappa shape index (κ2) is 3.56. The lowest BCUT2D eigenvalue weighted by Crippen LogP contribution is -2.25. The summed E-state index contributed by atoms with van der Waals surface area (Å²) in [5, 5.41) is 8.96. The van der Waals surface area contributed by atoms with Crippen LogP contribution in [0, 0.1) is 0 Å². The second-order valence-corrected chi connectivity index (χ2v) is 3.42. The molecule has 2 atom stereocenters. The molecule has 0 spiro atoms. The van der Waals surface area contributed by atoms with Crippen molar-refractivity contribution in [2.24, 2.45) is 0 Å². The molecule has 0 amide bonds. The van der Waals surface area contributed by atoms with Crippen molar-refractivity contribution in [3.8, 4) is 0 Å². The van der Waals surface area contributed by atoms with Gasteiger partial charge in [0.05, 0.1) is 12.7 Å². The Bertz CT molecular complexity index is 165. The van der Waals surface area contributed by atoms with Gasteiger partial charge >= 0.3 is 0 Å². The molecular formula is C9H16O3. The highest BCUT2D eigenvalue weighted by Gasteiger charge is 2.39. The Morgan fingerprint density at radius 3 is 2.50 bits per heavy atom. The van der Waals surface area contributed by atoms with Gasteiger partial charge in [-0.2, -0.15) is 0 Å². The maximum absolute atomic E-state index is 8.96. The van der Waals surface area contributed by atoms with Crippen molar-refractivity contribution in [2.45, 2.75) is 38.3 Å². The Morgan fingerprint density at radius 2 is 2.00 bits per heavy atom. The van der Waals surface area contributed by atoms with Gasteiger partial charge in [-0.3, -0.25) is 0 Å². The molecule has 70 valence electrons. The molecule has 0 saturated carbocycles. The van der Waals surface area contributed by atoms with E-state index in [1.807, 2.05) is 13.8 Å². The molecule has 1 fully saturated rings. The summed E-state index contributed by atoms with van der Waals surface area (Å²) in [6.45, 7) is 7.32. The maximum Gasteiger partial charge on any atom is 0.163 e. The first kappa shape index (κ1) is 9.71. The minimum absolute atomic E-state index is 0.00192. The summed E-state index contributed by atoms with van der Waals surface area (Å²) in [7, 11) is 0. The number of hydrogen-bond donors (Lipinski definition) is 1. The van der Waals surface area contributed by atoms with Crippen LogP contribution in [0.3, 0.4) is 0 Å². The molecule has 3 heteroatoms. The van der Waals surface area contributed by atoms with Crippen LogP contribution in [-0.4, -0.2) is 29.7 Å². The molecule has 0 unspecified atom stereocenters. The first-order valence-corrected chi connectivity index (χ1v) is 4.16. The van der Waals surface area contributed by atoms with Crippen molar-refractivity contribution >= 4 is 0 Å². The van der Waals surface area contributed by atoms with Gasteiger partial charge < -0.3 is 14.6 Å². The van der Waals surface area contributed by atoms with Crippen LogP contribution in [0.5, 0.6) is 0 Å². The molecule has 3 nitrogen and oxygen atoms in total. The van der Waals surface area contributed by atoms with Crippen molar-refractivity contribution in [3.63, 3.8) is 0 Å². The van der Waals surface area contributed by atoms with E-state index in [4.69, 9.17) is 14.6 Å². The summed E-state index contributed by atoms with van der Waals surface area (Å²) in [6.07, 6.45) is 2.23. The summed E-state index contributed by atoms with van der Waals surface area (Å²) in [4.78, 5) is 0. The van der Waals surface area contributed by atoms with E-state index in [-0.39, 0.29) is 18.8 Å². The molecule has 1 aliphatic rings. The first-order chi connectivity index (χ1) is 5.59. The van der Waals surface area contributed by atoms with Gasteiger partial charge in [0.25, 0.3) is 0 Å². The Hall–Kier alpha value is -0.380. The van der Waals surface area contributed by atoms with Crippen LogP contribution < -0.4 is 0 Å². The van der Waals surface area contributed by atoms with Gasteiger partial charge in [0.15, 0.2) is 5.79 Å². The summed E-state index contributed by atoms with van der Waals surface area (Å²) < 4.78 is 11.0. The van der Waals surface area contributed by atoms with Gasteiger partial charge in [0, 0.05) is 0 Å². The van der Waals surface area contributed by atoms with E-state index in [0.29, 0.717) is 6.42 Å². The molecule has 0 aromatic carbocycles. The van der Waals surface area contributed by atoms with Crippen molar-refractivity contribution in [1.29, 1.82) is 0 Å². The highest BCUT2D eigenvalue weighted by atomic mass is 16.8. The van der Waals surface area contributed by atoms with E-state index in [2.05, 4.69) is 6.58 Å². The van der Waals surface area contributed by atoms with Crippen LogP contribution >= 0.6 is 0 Å². The molecule has 1 rings (SSSR count). The first-order valence-electron chi connectivity index (χ1n) is 4.16. The molecule has 1 aliphatic heterocycles. The number of aliphatic hydroxyl groups is 1. The largest absolute Gasteiger partial charge is 0.394 e. The lowest BCUT2D eigenvalue weighted by atomic mass is 10.1. The molecule has 12 heavy (non-hydrogen) atoms. The smallest absolute Gasteiger partial charge is 0.163 e. The van der Waals surface area contributed by atoms with Crippen molar-refractivity contribution in [2.75, 3.05) is 6.61 Å². The summed E-state index contributed by atoms with van der Waals surface area (Å²) >= 11 is 0. The standard InChI is InChI=1S/C9H16O3/c1-4-5-7-8(6-10)12-9(2,3)11-7/h4,7-8,10H,1,5-6H2,2-3H3/t7-,8+/m0/s1. The second-order valence-electron chi connectivity index (χ2n) is 3.42. The Kier molecular flexibility index (Phi) is 2.88. The fourth-order valence-corrected chi connectivity index (χ4v) is 1.43. The molecular weight excluding hydrogens is 156 g/mol. The van der Waals surface area contributed by atoms with Gasteiger partial charge in [-0.05, 0) is 20.3 Å². The van der Waals surface area contributed by atoms with Crippen molar-refractivity contribution in [3.05, 3.63) is 12.7 Å². The molecule has 0 aromatic rings. The summed E-state index contributed by atoms with van der Waals surface area (Å²) in [6, 6.07) is 0. The van der Waals surface area contributed by atoms with Crippen LogP contribution in [0.2, 0.25) is 0 Å². The molecule has 0 aliphatic carbocycles. The normalized spacial score (nSPS) is 33.6. The molecule has 1 N–H and O–H groups in total. The lowest BCUT2D eigenvalue weighted by molar-refractivity contribution is -0.148. The third kappa shape index (κ3) is 2.06. The van der Waals surface area contributed by atoms with E-state index >= 15 is 0 Å². The third-order valence-electron chi connectivity index (χ3n) is 1.86. The van der Waals surface area contributed by atoms with Gasteiger partial charge in [0.2, 0.25) is 0 Å². The quantitative estimate of drug-likeness (QED) is 0.647. The average molecular weight is 172 g/mol. The Labute approximate surface area is 73.0 Å². The van der Waals surface area contributed by atoms with Crippen LogP contribution in [-0.2, 0) is 9.47 Å². The van der Waals surface area contributed by atoms with Gasteiger partial charge in [-0.15, -0.1) is 6.58 Å². The van der Waals surface area contributed by atoms with Gasteiger partial charge in [-0.1, -0.05) is 6.08 Å². The van der Waals surface area contributed by atoms with Crippen LogP contribution in [0.4, 0.5) is 0 Å². The molecule has 1 saturated heterocycles. The minimum atomic E-state index is -0.568. The summed E-state index contributed by atoms with van der Waals surface area (Å²) in [5.41, 5.74) is 0. The van der Waals surface area contributed by atoms with E-state index in [9.17, 15) is 0 Å². The third-order valence-corrected chi connectivity index (χ3v) is 1.86. The number of rotatable bonds is 3. The lowest BCUT2D eigenvalue weighted by Gasteiger charge is -2.16. The zero-order chi connectivity index (χ0) is 9.19. The zero-order valence-electron chi connectivity index (χ0n) is 7.62. The molecule has 0 aromatic heterocycles.